The zero-order chi connectivity index (χ0) is 29.8. The summed E-state index contributed by atoms with van der Waals surface area (Å²) in [5, 5.41) is 12.5. The van der Waals surface area contributed by atoms with Crippen LogP contribution in [-0.2, 0) is 4.79 Å². The van der Waals surface area contributed by atoms with Gasteiger partial charge in [0.25, 0.3) is 5.91 Å². The lowest BCUT2D eigenvalue weighted by Crippen LogP contribution is -2.35. The Kier molecular flexibility index (Phi) is 8.75. The van der Waals surface area contributed by atoms with Crippen LogP contribution in [0.15, 0.2) is 78.0 Å². The van der Waals surface area contributed by atoms with Crippen LogP contribution in [0.25, 0.3) is 5.57 Å². The molecule has 4 N–H and O–H groups in total. The largest absolute Gasteiger partial charge is 0.490 e. The van der Waals surface area contributed by atoms with Crippen molar-refractivity contribution in [3.63, 3.8) is 0 Å². The highest BCUT2D eigenvalue weighted by atomic mass is 16.5. The molecule has 2 aliphatic carbocycles. The number of nitrogens with two attached hydrogens (primary N) is 1. The zero-order valence-electron chi connectivity index (χ0n) is 24.3. The van der Waals surface area contributed by atoms with Crippen molar-refractivity contribution in [1.29, 1.82) is 0 Å². The minimum absolute atomic E-state index is 0.0245. The van der Waals surface area contributed by atoms with E-state index >= 15 is 0 Å². The maximum Gasteiger partial charge on any atom is 0.306 e. The lowest BCUT2D eigenvalue weighted by molar-refractivity contribution is -0.143. The second-order valence-corrected chi connectivity index (χ2v) is 11.4. The maximum atomic E-state index is 13.1. The fourth-order valence-corrected chi connectivity index (χ4v) is 5.64. The Morgan fingerprint density at radius 1 is 1.14 bits per heavy atom. The van der Waals surface area contributed by atoms with Crippen LogP contribution >= 0.6 is 0 Å². The first-order valence-electron chi connectivity index (χ1n) is 14.7. The number of nitrogens with one attached hydrogen (secondary N) is 1. The maximum absolute atomic E-state index is 13.1. The van der Waals surface area contributed by atoms with Crippen LogP contribution in [0.2, 0.25) is 0 Å². The third-order valence-corrected chi connectivity index (χ3v) is 8.34. The Bertz CT molecular complexity index is 1440. The molecule has 9 nitrogen and oxygen atoms in total. The molecule has 0 spiro atoms. The second kappa shape index (κ2) is 12.6. The van der Waals surface area contributed by atoms with Crippen LogP contribution in [0.3, 0.4) is 0 Å². The van der Waals surface area contributed by atoms with Crippen LogP contribution in [0.5, 0.6) is 5.75 Å². The summed E-state index contributed by atoms with van der Waals surface area (Å²) in [7, 11) is 0. The molecule has 2 aromatic rings. The number of allylic oxidation sites excluding steroid dienone is 2. The molecule has 0 radical (unpaired) electrons. The van der Waals surface area contributed by atoms with E-state index in [-0.39, 0.29) is 29.8 Å². The topological polar surface area (TPSA) is 130 Å². The van der Waals surface area contributed by atoms with Crippen molar-refractivity contribution in [2.45, 2.75) is 64.9 Å². The lowest BCUT2D eigenvalue weighted by Gasteiger charge is -2.37. The summed E-state index contributed by atoms with van der Waals surface area (Å²) < 4.78 is 5.82. The van der Waals surface area contributed by atoms with E-state index in [1.807, 2.05) is 23.2 Å². The molecule has 2 heterocycles. The van der Waals surface area contributed by atoms with Crippen molar-refractivity contribution < 1.29 is 19.4 Å². The number of aliphatic imine (C=N–C) groups is 1. The van der Waals surface area contributed by atoms with Crippen LogP contribution in [0, 0.1) is 17.8 Å². The van der Waals surface area contributed by atoms with Crippen molar-refractivity contribution in [2.24, 2.45) is 28.5 Å². The number of amides is 1. The van der Waals surface area contributed by atoms with Gasteiger partial charge in [0.2, 0.25) is 0 Å². The highest BCUT2D eigenvalue weighted by Crippen LogP contribution is 2.39. The number of carboxylic acid groups (broad SMARTS) is 1. The van der Waals surface area contributed by atoms with E-state index in [2.05, 4.69) is 35.7 Å². The van der Waals surface area contributed by atoms with Gasteiger partial charge < -0.3 is 25.8 Å². The number of amidine groups is 1. The van der Waals surface area contributed by atoms with Gasteiger partial charge in [-0.05, 0) is 79.7 Å². The van der Waals surface area contributed by atoms with Gasteiger partial charge in [0.15, 0.2) is 0 Å². The van der Waals surface area contributed by atoms with E-state index in [1.54, 1.807) is 36.7 Å². The van der Waals surface area contributed by atoms with Gasteiger partial charge in [-0.25, -0.2) is 9.98 Å². The van der Waals surface area contributed by atoms with Gasteiger partial charge in [-0.2, -0.15) is 0 Å². The normalized spacial score (nSPS) is 22.1. The molecule has 0 bridgehead atoms. The highest BCUT2D eigenvalue weighted by molar-refractivity contribution is 6.06. The number of aliphatic carboxylic acids is 1. The van der Waals surface area contributed by atoms with Crippen molar-refractivity contribution >= 4 is 29.1 Å². The molecule has 3 aliphatic rings. The van der Waals surface area contributed by atoms with E-state index in [0.29, 0.717) is 35.8 Å². The standard InChI is InChI=1S/C33H39N5O4/c1-4-20(2)29(30-31(34)36-16-17-38(30)21(3)24-6-5-7-25(18-24)33(40)41)22-8-10-23(11-9-22)32(39)37-28-19-27(14-15-35-28)42-26-12-13-26/h8-11,14-17,19-20,24-26H,3-7,12-13,18H2,1-2H3,(H2,34,36)(H,40,41)(H,35,37,39)/b30-29+. The highest BCUT2D eigenvalue weighted by Gasteiger charge is 2.33. The molecule has 3 atom stereocenters. The molecule has 220 valence electrons. The average molecular weight is 570 g/mol. The van der Waals surface area contributed by atoms with Crippen molar-refractivity contribution in [1.82, 2.24) is 9.88 Å². The number of pyridine rings is 1. The van der Waals surface area contributed by atoms with E-state index in [4.69, 9.17) is 10.5 Å². The van der Waals surface area contributed by atoms with E-state index < -0.39 is 5.97 Å². The smallest absolute Gasteiger partial charge is 0.306 e. The average Bonchev–Trinajstić information content (AvgIpc) is 3.82. The number of anilines is 1. The molecule has 1 amide bonds. The Labute approximate surface area is 246 Å². The molecule has 2 saturated carbocycles. The summed E-state index contributed by atoms with van der Waals surface area (Å²) in [4.78, 5) is 35.5. The SMILES string of the molecule is C=C(C1CCCC(C(=O)O)C1)N1C=CN=C(N)/C1=C(\c1ccc(C(=O)Nc2cc(OC3CC3)ccn2)cc1)C(C)CC. The first-order valence-corrected chi connectivity index (χ1v) is 14.7. The number of ether oxygens (including phenoxy) is 1. The number of aromatic nitrogens is 1. The Morgan fingerprint density at radius 2 is 1.86 bits per heavy atom. The molecular weight excluding hydrogens is 530 g/mol. The predicted octanol–water partition coefficient (Wildman–Crippen LogP) is 6.18. The van der Waals surface area contributed by atoms with Gasteiger partial charge in [-0.1, -0.05) is 39.0 Å². The third kappa shape index (κ3) is 6.56. The molecular formula is C33H39N5O4. The third-order valence-electron chi connectivity index (χ3n) is 8.34. The summed E-state index contributed by atoms with van der Waals surface area (Å²) in [5.74, 6) is 0.259. The number of rotatable bonds is 10. The Balaban J connectivity index is 1.41. The molecule has 2 fully saturated rings. The molecule has 42 heavy (non-hydrogen) atoms. The molecule has 1 aromatic heterocycles. The lowest BCUT2D eigenvalue weighted by atomic mass is 9.79. The molecule has 5 rings (SSSR count). The van der Waals surface area contributed by atoms with Gasteiger partial charge in [-0.3, -0.25) is 9.59 Å². The Morgan fingerprint density at radius 3 is 2.55 bits per heavy atom. The number of nitrogens with zero attached hydrogens (tertiary/aromatic N) is 3. The monoisotopic (exact) mass is 569 g/mol. The van der Waals surface area contributed by atoms with Crippen LogP contribution in [0.1, 0.15) is 74.7 Å². The molecule has 9 heteroatoms. The van der Waals surface area contributed by atoms with Crippen LogP contribution < -0.4 is 15.8 Å². The van der Waals surface area contributed by atoms with Gasteiger partial charge >= 0.3 is 5.97 Å². The van der Waals surface area contributed by atoms with Gasteiger partial charge in [-0.15, -0.1) is 0 Å². The summed E-state index contributed by atoms with van der Waals surface area (Å²) in [6.07, 6.45) is 11.3. The van der Waals surface area contributed by atoms with E-state index in [0.717, 1.165) is 54.6 Å². The van der Waals surface area contributed by atoms with Crippen molar-refractivity contribution in [2.75, 3.05) is 5.32 Å². The molecule has 1 aromatic carbocycles. The van der Waals surface area contributed by atoms with Gasteiger partial charge in [0.05, 0.1) is 17.7 Å². The molecule has 1 aliphatic heterocycles. The molecule has 3 unspecified atom stereocenters. The predicted molar refractivity (Wildman–Crippen MR) is 163 cm³/mol. The minimum atomic E-state index is -0.752. The Hall–Kier alpha value is -4.40. The number of carboxylic acids is 1. The second-order valence-electron chi connectivity index (χ2n) is 11.4. The van der Waals surface area contributed by atoms with E-state index in [9.17, 15) is 14.7 Å². The van der Waals surface area contributed by atoms with Gasteiger partial charge in [0.1, 0.15) is 17.4 Å². The van der Waals surface area contributed by atoms with Crippen LogP contribution in [0.4, 0.5) is 5.82 Å². The first-order chi connectivity index (χ1) is 20.2. The quantitative estimate of drug-likeness (QED) is 0.311. The number of hydrogen-bond acceptors (Lipinski definition) is 7. The zero-order valence-corrected chi connectivity index (χ0v) is 24.3. The molecule has 0 saturated heterocycles. The fraction of sp³-hybridized carbons (Fsp3) is 0.394. The number of carbonyl (C=O) groups excluding carboxylic acids is 1. The summed E-state index contributed by atoms with van der Waals surface area (Å²) >= 11 is 0. The first kappa shape index (κ1) is 29.1. The number of hydrogen-bond donors (Lipinski definition) is 3. The summed E-state index contributed by atoms with van der Waals surface area (Å²) in [5.41, 5.74) is 10.5. The van der Waals surface area contributed by atoms with E-state index in [1.165, 1.54) is 0 Å². The van der Waals surface area contributed by atoms with Gasteiger partial charge in [0, 0.05) is 35.9 Å². The van der Waals surface area contributed by atoms with Crippen molar-refractivity contribution in [3.8, 4) is 5.75 Å². The summed E-state index contributed by atoms with van der Waals surface area (Å²) in [6, 6.07) is 11.0. The summed E-state index contributed by atoms with van der Waals surface area (Å²) in [6.45, 7) is 8.67. The minimum Gasteiger partial charge on any atom is -0.490 e. The van der Waals surface area contributed by atoms with Crippen LogP contribution in [-0.4, -0.2) is 38.8 Å². The number of carbonyl (C=O) groups is 2. The number of benzene rings is 1. The fourth-order valence-electron chi connectivity index (χ4n) is 5.64. The van der Waals surface area contributed by atoms with Crippen molar-refractivity contribution in [3.05, 3.63) is 84.1 Å².